The van der Waals surface area contributed by atoms with Gasteiger partial charge in [0.1, 0.15) is 0 Å². The van der Waals surface area contributed by atoms with Gasteiger partial charge in [0.2, 0.25) is 5.91 Å². The van der Waals surface area contributed by atoms with Gasteiger partial charge in [-0.05, 0) is 39.7 Å². The second-order valence-corrected chi connectivity index (χ2v) is 6.39. The maximum atomic E-state index is 12.5. The number of halogens is 1. The molecular weight excluding hydrogens is 292 g/mol. The van der Waals surface area contributed by atoms with Crippen molar-refractivity contribution in [3.8, 4) is 0 Å². The summed E-state index contributed by atoms with van der Waals surface area (Å²) in [6.45, 7) is 5.75. The van der Waals surface area contributed by atoms with E-state index in [0.29, 0.717) is 25.6 Å². The average Bonchev–Trinajstić information content (AvgIpc) is 2.99. The fourth-order valence-electron chi connectivity index (χ4n) is 3.55. The van der Waals surface area contributed by atoms with Crippen LogP contribution in [0, 0.1) is 5.92 Å². The number of hydrogen-bond acceptors (Lipinski definition) is 3. The van der Waals surface area contributed by atoms with Gasteiger partial charge in [-0.2, -0.15) is 0 Å². The van der Waals surface area contributed by atoms with E-state index in [-0.39, 0.29) is 30.3 Å². The molecule has 0 aromatic rings. The van der Waals surface area contributed by atoms with Crippen LogP contribution in [0.3, 0.4) is 0 Å². The van der Waals surface area contributed by atoms with E-state index in [0.717, 1.165) is 19.4 Å². The third kappa shape index (κ3) is 4.58. The van der Waals surface area contributed by atoms with Crippen LogP contribution in [-0.4, -0.2) is 58.5 Å². The zero-order valence-corrected chi connectivity index (χ0v) is 13.8. The van der Waals surface area contributed by atoms with Crippen molar-refractivity contribution in [1.29, 1.82) is 0 Å². The molecule has 2 rings (SSSR count). The normalized spacial score (nSPS) is 23.3. The first kappa shape index (κ1) is 18.2. The Morgan fingerprint density at radius 1 is 1.24 bits per heavy atom. The van der Waals surface area contributed by atoms with Crippen molar-refractivity contribution in [3.05, 3.63) is 0 Å². The lowest BCUT2D eigenvalue weighted by atomic mass is 10.1. The Labute approximate surface area is 133 Å². The summed E-state index contributed by atoms with van der Waals surface area (Å²) in [5.41, 5.74) is 0. The Kier molecular flexibility index (Phi) is 6.94. The summed E-state index contributed by atoms with van der Waals surface area (Å²) in [5, 5.41) is 9.01. The summed E-state index contributed by atoms with van der Waals surface area (Å²) >= 11 is 0. The fourth-order valence-corrected chi connectivity index (χ4v) is 3.55. The highest BCUT2D eigenvalue weighted by atomic mass is 35.5. The van der Waals surface area contributed by atoms with Crippen molar-refractivity contribution in [2.45, 2.75) is 58.0 Å². The van der Waals surface area contributed by atoms with Gasteiger partial charge in [-0.3, -0.25) is 14.5 Å². The minimum absolute atomic E-state index is 0. The molecule has 1 N–H and O–H groups in total. The molecule has 2 aliphatic rings. The van der Waals surface area contributed by atoms with Gasteiger partial charge >= 0.3 is 5.97 Å². The predicted octanol–water partition coefficient (Wildman–Crippen LogP) is 1.99. The molecule has 0 spiro atoms. The van der Waals surface area contributed by atoms with E-state index < -0.39 is 5.97 Å². The number of hydrogen-bond donors (Lipinski definition) is 1. The molecule has 1 heterocycles. The molecule has 122 valence electrons. The van der Waals surface area contributed by atoms with E-state index in [1.54, 1.807) is 0 Å². The Balaban J connectivity index is 0.00000220. The second-order valence-electron chi connectivity index (χ2n) is 6.39. The summed E-state index contributed by atoms with van der Waals surface area (Å²) in [6.07, 6.45) is 5.31. The summed E-state index contributed by atoms with van der Waals surface area (Å²) < 4.78 is 0. The van der Waals surface area contributed by atoms with E-state index in [2.05, 4.69) is 13.8 Å². The number of carbonyl (C=O) groups is 2. The summed E-state index contributed by atoms with van der Waals surface area (Å²) in [4.78, 5) is 27.5. The van der Waals surface area contributed by atoms with Gasteiger partial charge in [-0.1, -0.05) is 12.8 Å². The highest BCUT2D eigenvalue weighted by Gasteiger charge is 2.33. The van der Waals surface area contributed by atoms with Gasteiger partial charge in [0.05, 0.1) is 12.5 Å². The van der Waals surface area contributed by atoms with Crippen LogP contribution in [0.5, 0.6) is 0 Å². The highest BCUT2D eigenvalue weighted by molar-refractivity contribution is 5.85. The van der Waals surface area contributed by atoms with Crippen molar-refractivity contribution in [3.63, 3.8) is 0 Å². The molecular formula is C15H27ClN2O3. The number of carbonyl (C=O) groups excluding carboxylic acids is 1. The maximum absolute atomic E-state index is 12.5. The Bertz CT molecular complexity index is 370. The smallest absolute Gasteiger partial charge is 0.307 e. The van der Waals surface area contributed by atoms with E-state index in [9.17, 15) is 9.59 Å². The molecule has 0 radical (unpaired) electrons. The van der Waals surface area contributed by atoms with Crippen LogP contribution in [0.2, 0.25) is 0 Å². The van der Waals surface area contributed by atoms with E-state index >= 15 is 0 Å². The SMILES string of the molecule is CC(C)N(C(=O)CN1CCC(C(=O)O)C1)C1CCCC1.Cl. The molecule has 1 aliphatic carbocycles. The molecule has 1 saturated heterocycles. The van der Waals surface area contributed by atoms with Crippen molar-refractivity contribution < 1.29 is 14.7 Å². The monoisotopic (exact) mass is 318 g/mol. The molecule has 1 unspecified atom stereocenters. The molecule has 5 nitrogen and oxygen atoms in total. The van der Waals surface area contributed by atoms with Crippen LogP contribution in [0.25, 0.3) is 0 Å². The van der Waals surface area contributed by atoms with Crippen LogP contribution in [0.4, 0.5) is 0 Å². The molecule has 0 bridgehead atoms. The molecule has 6 heteroatoms. The van der Waals surface area contributed by atoms with Crippen LogP contribution in [0.15, 0.2) is 0 Å². The number of nitrogens with zero attached hydrogens (tertiary/aromatic N) is 2. The van der Waals surface area contributed by atoms with Crippen LogP contribution >= 0.6 is 12.4 Å². The Hall–Kier alpha value is -0.810. The van der Waals surface area contributed by atoms with Gasteiger partial charge in [0, 0.05) is 18.6 Å². The minimum atomic E-state index is -0.739. The molecule has 1 saturated carbocycles. The van der Waals surface area contributed by atoms with Crippen molar-refractivity contribution in [1.82, 2.24) is 9.80 Å². The van der Waals surface area contributed by atoms with Gasteiger partial charge < -0.3 is 10.0 Å². The molecule has 1 amide bonds. The van der Waals surface area contributed by atoms with E-state index in [1.807, 2.05) is 9.80 Å². The third-order valence-electron chi connectivity index (χ3n) is 4.54. The molecule has 1 aliphatic heterocycles. The standard InChI is InChI=1S/C15H26N2O3.ClH/c1-11(2)17(13-5-3-4-6-13)14(18)10-16-8-7-12(9-16)15(19)20;/h11-13H,3-10H2,1-2H3,(H,19,20);1H. The average molecular weight is 319 g/mol. The minimum Gasteiger partial charge on any atom is -0.481 e. The second kappa shape index (κ2) is 7.99. The lowest BCUT2D eigenvalue weighted by Crippen LogP contribution is -2.48. The van der Waals surface area contributed by atoms with Crippen molar-refractivity contribution in [2.24, 2.45) is 5.92 Å². The first-order valence-electron chi connectivity index (χ1n) is 7.75. The lowest BCUT2D eigenvalue weighted by molar-refractivity contribution is -0.142. The first-order chi connectivity index (χ1) is 9.49. The number of carboxylic acids is 1. The molecule has 21 heavy (non-hydrogen) atoms. The van der Waals surface area contributed by atoms with Crippen molar-refractivity contribution in [2.75, 3.05) is 19.6 Å². The maximum Gasteiger partial charge on any atom is 0.307 e. The number of rotatable bonds is 5. The zero-order valence-electron chi connectivity index (χ0n) is 13.0. The number of likely N-dealkylation sites (tertiary alicyclic amines) is 1. The molecule has 0 aromatic heterocycles. The topological polar surface area (TPSA) is 60.9 Å². The lowest BCUT2D eigenvalue weighted by Gasteiger charge is -2.34. The Morgan fingerprint density at radius 3 is 2.33 bits per heavy atom. The fraction of sp³-hybridized carbons (Fsp3) is 0.867. The van der Waals surface area contributed by atoms with Crippen LogP contribution in [-0.2, 0) is 9.59 Å². The van der Waals surface area contributed by atoms with Crippen LogP contribution in [0.1, 0.15) is 46.0 Å². The third-order valence-corrected chi connectivity index (χ3v) is 4.54. The summed E-state index contributed by atoms with van der Waals surface area (Å²) in [6, 6.07) is 0.615. The number of aliphatic carboxylic acids is 1. The summed E-state index contributed by atoms with van der Waals surface area (Å²) in [5.74, 6) is -0.879. The quantitative estimate of drug-likeness (QED) is 0.842. The van der Waals surface area contributed by atoms with E-state index in [1.165, 1.54) is 12.8 Å². The van der Waals surface area contributed by atoms with Gasteiger partial charge in [0.25, 0.3) is 0 Å². The van der Waals surface area contributed by atoms with Crippen molar-refractivity contribution >= 4 is 24.3 Å². The molecule has 2 fully saturated rings. The number of amides is 1. The van der Waals surface area contributed by atoms with Gasteiger partial charge in [0.15, 0.2) is 0 Å². The first-order valence-corrected chi connectivity index (χ1v) is 7.75. The molecule has 0 aromatic carbocycles. The van der Waals surface area contributed by atoms with Gasteiger partial charge in [-0.15, -0.1) is 12.4 Å². The summed E-state index contributed by atoms with van der Waals surface area (Å²) in [7, 11) is 0. The Morgan fingerprint density at radius 2 is 1.86 bits per heavy atom. The number of carboxylic acid groups (broad SMARTS) is 1. The van der Waals surface area contributed by atoms with Crippen LogP contribution < -0.4 is 0 Å². The molecule has 1 atom stereocenters. The predicted molar refractivity (Wildman–Crippen MR) is 83.7 cm³/mol. The van der Waals surface area contributed by atoms with Gasteiger partial charge in [-0.25, -0.2) is 0 Å². The largest absolute Gasteiger partial charge is 0.481 e. The van der Waals surface area contributed by atoms with E-state index in [4.69, 9.17) is 5.11 Å². The zero-order chi connectivity index (χ0) is 14.7. The highest BCUT2D eigenvalue weighted by Crippen LogP contribution is 2.26.